The third kappa shape index (κ3) is 4.59. The number of fused-ring (bicyclic) bond motifs is 1. The molecule has 2 aliphatic heterocycles. The fraction of sp³-hybridized carbons (Fsp3) is 0.652. The van der Waals surface area contributed by atoms with E-state index >= 15 is 0 Å². The molecule has 31 heavy (non-hydrogen) atoms. The van der Waals surface area contributed by atoms with Crippen molar-refractivity contribution in [1.82, 2.24) is 29.3 Å². The number of likely N-dealkylation sites (N-methyl/N-ethyl adjacent to an activating group) is 1. The largest absolute Gasteiger partial charge is 0.343 e. The van der Waals surface area contributed by atoms with Crippen LogP contribution in [0.25, 0.3) is 5.65 Å². The van der Waals surface area contributed by atoms with Crippen molar-refractivity contribution in [2.24, 2.45) is 5.92 Å². The lowest BCUT2D eigenvalue weighted by Gasteiger charge is -2.37. The van der Waals surface area contributed by atoms with Crippen LogP contribution >= 0.6 is 0 Å². The van der Waals surface area contributed by atoms with Crippen LogP contribution in [0.3, 0.4) is 0 Å². The molecule has 0 saturated carbocycles. The Labute approximate surface area is 184 Å². The summed E-state index contributed by atoms with van der Waals surface area (Å²) in [5, 5.41) is 4.52. The van der Waals surface area contributed by atoms with E-state index in [9.17, 15) is 9.59 Å². The maximum absolute atomic E-state index is 12.9. The van der Waals surface area contributed by atoms with Crippen LogP contribution in [0.2, 0.25) is 0 Å². The molecule has 0 aromatic carbocycles. The zero-order valence-electron chi connectivity index (χ0n) is 19.2. The van der Waals surface area contributed by atoms with Gasteiger partial charge < -0.3 is 14.7 Å². The van der Waals surface area contributed by atoms with Crippen LogP contribution in [-0.2, 0) is 16.0 Å². The van der Waals surface area contributed by atoms with Gasteiger partial charge in [0.15, 0.2) is 5.65 Å². The second kappa shape index (κ2) is 8.94. The fourth-order valence-electron chi connectivity index (χ4n) is 4.85. The molecular weight excluding hydrogens is 392 g/mol. The van der Waals surface area contributed by atoms with Crippen molar-refractivity contribution < 1.29 is 9.59 Å². The third-order valence-electron chi connectivity index (χ3n) is 6.89. The summed E-state index contributed by atoms with van der Waals surface area (Å²) in [6.45, 7) is 10.9. The van der Waals surface area contributed by atoms with E-state index < -0.39 is 0 Å². The van der Waals surface area contributed by atoms with Crippen LogP contribution in [0.4, 0.5) is 0 Å². The number of piperazine rings is 1. The molecule has 0 unspecified atom stereocenters. The number of piperidine rings is 1. The monoisotopic (exact) mass is 426 g/mol. The number of aryl methyl sites for hydroxylation is 3. The third-order valence-corrected chi connectivity index (χ3v) is 6.89. The van der Waals surface area contributed by atoms with Crippen molar-refractivity contribution >= 4 is 17.5 Å². The van der Waals surface area contributed by atoms with E-state index in [1.807, 2.05) is 41.2 Å². The highest BCUT2D eigenvalue weighted by atomic mass is 16.2. The molecule has 0 radical (unpaired) electrons. The first-order chi connectivity index (χ1) is 14.8. The topological polar surface area (TPSA) is 74.1 Å². The van der Waals surface area contributed by atoms with Crippen molar-refractivity contribution in [3.05, 3.63) is 28.7 Å². The molecule has 0 N–H and O–H groups in total. The molecule has 2 saturated heterocycles. The predicted molar refractivity (Wildman–Crippen MR) is 119 cm³/mol. The van der Waals surface area contributed by atoms with Crippen LogP contribution in [0, 0.1) is 26.7 Å². The summed E-state index contributed by atoms with van der Waals surface area (Å²) in [5.74, 6) is 0.507. The molecule has 0 spiro atoms. The molecule has 2 aliphatic rings. The van der Waals surface area contributed by atoms with Gasteiger partial charge in [-0.2, -0.15) is 5.10 Å². The zero-order chi connectivity index (χ0) is 22.1. The summed E-state index contributed by atoms with van der Waals surface area (Å²) in [7, 11) is 2.10. The van der Waals surface area contributed by atoms with Gasteiger partial charge >= 0.3 is 0 Å². The normalized spacial score (nSPS) is 18.7. The minimum Gasteiger partial charge on any atom is -0.343 e. The lowest BCUT2D eigenvalue weighted by Crippen LogP contribution is -2.51. The van der Waals surface area contributed by atoms with Crippen molar-refractivity contribution in [2.45, 2.75) is 46.5 Å². The average molecular weight is 427 g/mol. The lowest BCUT2D eigenvalue weighted by molar-refractivity contribution is -0.141. The quantitative estimate of drug-likeness (QED) is 0.743. The summed E-state index contributed by atoms with van der Waals surface area (Å²) in [6, 6.07) is 1.97. The van der Waals surface area contributed by atoms with Crippen LogP contribution in [0.1, 0.15) is 41.9 Å². The number of carbonyl (C=O) groups is 2. The van der Waals surface area contributed by atoms with Crippen molar-refractivity contribution in [3.8, 4) is 0 Å². The highest BCUT2D eigenvalue weighted by molar-refractivity contribution is 5.80. The first-order valence-electron chi connectivity index (χ1n) is 11.4. The summed E-state index contributed by atoms with van der Waals surface area (Å²) in [4.78, 5) is 36.5. The Morgan fingerprint density at radius 1 is 1.00 bits per heavy atom. The van der Waals surface area contributed by atoms with Gasteiger partial charge in [0, 0.05) is 69.1 Å². The van der Waals surface area contributed by atoms with Crippen LogP contribution < -0.4 is 0 Å². The maximum Gasteiger partial charge on any atom is 0.225 e. The summed E-state index contributed by atoms with van der Waals surface area (Å²) < 4.78 is 1.87. The first kappa shape index (κ1) is 21.7. The highest BCUT2D eigenvalue weighted by Crippen LogP contribution is 2.22. The molecule has 168 valence electrons. The van der Waals surface area contributed by atoms with Gasteiger partial charge in [-0.25, -0.2) is 9.50 Å². The van der Waals surface area contributed by atoms with Crippen molar-refractivity contribution in [3.63, 3.8) is 0 Å². The number of hydrogen-bond donors (Lipinski definition) is 0. The molecule has 4 rings (SSSR count). The first-order valence-corrected chi connectivity index (χ1v) is 11.4. The molecule has 2 aromatic heterocycles. The van der Waals surface area contributed by atoms with Crippen LogP contribution in [-0.4, -0.2) is 87.4 Å². The van der Waals surface area contributed by atoms with E-state index in [0.29, 0.717) is 25.9 Å². The van der Waals surface area contributed by atoms with Gasteiger partial charge in [0.2, 0.25) is 11.8 Å². The van der Waals surface area contributed by atoms with Crippen LogP contribution in [0.15, 0.2) is 6.07 Å². The predicted octanol–water partition coefficient (Wildman–Crippen LogP) is 1.60. The van der Waals surface area contributed by atoms with E-state index in [-0.39, 0.29) is 17.7 Å². The molecule has 2 fully saturated rings. The van der Waals surface area contributed by atoms with E-state index in [0.717, 1.165) is 67.3 Å². The molecule has 0 atom stereocenters. The Bertz CT molecular complexity index is 968. The van der Waals surface area contributed by atoms with Gasteiger partial charge in [0.25, 0.3) is 0 Å². The Balaban J connectivity index is 1.31. The molecule has 8 heteroatoms. The number of likely N-dealkylation sites (tertiary alicyclic amines) is 1. The summed E-state index contributed by atoms with van der Waals surface area (Å²) in [6.07, 6.45) is 2.68. The molecule has 4 heterocycles. The van der Waals surface area contributed by atoms with Gasteiger partial charge in [0.1, 0.15) is 0 Å². The van der Waals surface area contributed by atoms with Gasteiger partial charge in [-0.1, -0.05) is 0 Å². The lowest BCUT2D eigenvalue weighted by atomic mass is 9.94. The Kier molecular flexibility index (Phi) is 6.27. The zero-order valence-corrected chi connectivity index (χ0v) is 19.2. The number of aromatic nitrogens is 3. The fourth-order valence-corrected chi connectivity index (χ4v) is 4.85. The van der Waals surface area contributed by atoms with E-state index in [2.05, 4.69) is 22.0 Å². The number of rotatable bonds is 4. The van der Waals surface area contributed by atoms with E-state index in [1.165, 1.54) is 0 Å². The standard InChI is InChI=1S/C23H34N6O2/c1-16-15-21-24-17(2)20(18(3)29(21)25-16)5-6-22(30)27-9-7-19(8-10-27)23(31)28-13-11-26(4)12-14-28/h15,19H,5-14H2,1-4H3. The second-order valence-corrected chi connectivity index (χ2v) is 9.10. The SMILES string of the molecule is Cc1cc2nc(C)c(CCC(=O)N3CCC(C(=O)N4CCN(C)CC4)CC3)c(C)n2n1. The number of carbonyl (C=O) groups excluding carboxylic acids is 2. The molecular formula is C23H34N6O2. The number of amides is 2. The smallest absolute Gasteiger partial charge is 0.225 e. The van der Waals surface area contributed by atoms with Crippen molar-refractivity contribution in [1.29, 1.82) is 0 Å². The Morgan fingerprint density at radius 2 is 1.68 bits per heavy atom. The van der Waals surface area contributed by atoms with Crippen LogP contribution in [0.5, 0.6) is 0 Å². The maximum atomic E-state index is 12.9. The van der Waals surface area contributed by atoms with Gasteiger partial charge in [-0.05, 0) is 52.6 Å². The van der Waals surface area contributed by atoms with Gasteiger partial charge in [0.05, 0.1) is 5.69 Å². The number of nitrogens with zero attached hydrogens (tertiary/aromatic N) is 6. The minimum atomic E-state index is 0.0617. The number of hydrogen-bond acceptors (Lipinski definition) is 5. The average Bonchev–Trinajstić information content (AvgIpc) is 3.14. The van der Waals surface area contributed by atoms with E-state index in [4.69, 9.17) is 0 Å². The van der Waals surface area contributed by atoms with Gasteiger partial charge in [-0.3, -0.25) is 9.59 Å². The van der Waals surface area contributed by atoms with Crippen molar-refractivity contribution in [2.75, 3.05) is 46.3 Å². The Morgan fingerprint density at radius 3 is 2.35 bits per heavy atom. The molecule has 2 amide bonds. The van der Waals surface area contributed by atoms with Gasteiger partial charge in [-0.15, -0.1) is 0 Å². The highest BCUT2D eigenvalue weighted by Gasteiger charge is 2.31. The minimum absolute atomic E-state index is 0.0617. The summed E-state index contributed by atoms with van der Waals surface area (Å²) in [5.41, 5.74) is 4.92. The molecule has 2 aromatic rings. The van der Waals surface area contributed by atoms with E-state index in [1.54, 1.807) is 0 Å². The second-order valence-electron chi connectivity index (χ2n) is 9.10. The molecule has 0 aliphatic carbocycles. The summed E-state index contributed by atoms with van der Waals surface area (Å²) >= 11 is 0. The molecule has 8 nitrogen and oxygen atoms in total. The molecule has 0 bridgehead atoms. The Hall–Kier alpha value is -2.48.